The molecule has 0 aliphatic heterocycles. The third-order valence-electron chi connectivity index (χ3n) is 2.34. The Morgan fingerprint density at radius 2 is 1.89 bits per heavy atom. The summed E-state index contributed by atoms with van der Waals surface area (Å²) in [4.78, 5) is 0.602. The summed E-state index contributed by atoms with van der Waals surface area (Å²) >= 11 is 0.780. The highest BCUT2D eigenvalue weighted by Crippen LogP contribution is 2.27. The van der Waals surface area contributed by atoms with E-state index in [1.165, 1.54) is 0 Å². The molecule has 0 fully saturated rings. The van der Waals surface area contributed by atoms with E-state index in [2.05, 4.69) is 5.32 Å². The van der Waals surface area contributed by atoms with Crippen LogP contribution >= 0.6 is 11.8 Å². The number of hydrogen-bond donors (Lipinski definition) is 2. The van der Waals surface area contributed by atoms with E-state index < -0.39 is 11.9 Å². The standard InChI is InChI=1S/C12H16F3NOS/c1-9(16-6-7-17)10-2-4-11(5-3-10)18-8-12(13,14)15/h2-5,9,16-17H,6-8H2,1H3. The van der Waals surface area contributed by atoms with Crippen molar-refractivity contribution in [3.05, 3.63) is 29.8 Å². The van der Waals surface area contributed by atoms with Gasteiger partial charge in [-0.25, -0.2) is 0 Å². The van der Waals surface area contributed by atoms with E-state index in [1.54, 1.807) is 24.3 Å². The van der Waals surface area contributed by atoms with E-state index in [0.29, 0.717) is 11.4 Å². The smallest absolute Gasteiger partial charge is 0.395 e. The largest absolute Gasteiger partial charge is 0.398 e. The lowest BCUT2D eigenvalue weighted by Crippen LogP contribution is -2.21. The molecule has 2 nitrogen and oxygen atoms in total. The van der Waals surface area contributed by atoms with Crippen molar-refractivity contribution in [2.24, 2.45) is 0 Å². The maximum Gasteiger partial charge on any atom is 0.398 e. The zero-order valence-electron chi connectivity index (χ0n) is 10.00. The zero-order chi connectivity index (χ0) is 13.6. The van der Waals surface area contributed by atoms with Gasteiger partial charge in [-0.3, -0.25) is 0 Å². The maximum absolute atomic E-state index is 12.0. The van der Waals surface area contributed by atoms with Crippen LogP contribution in [0.5, 0.6) is 0 Å². The van der Waals surface area contributed by atoms with Gasteiger partial charge < -0.3 is 10.4 Å². The van der Waals surface area contributed by atoms with Gasteiger partial charge in [0.15, 0.2) is 0 Å². The van der Waals surface area contributed by atoms with Crippen molar-refractivity contribution in [2.75, 3.05) is 18.9 Å². The first-order valence-electron chi connectivity index (χ1n) is 5.56. The summed E-state index contributed by atoms with van der Waals surface area (Å²) < 4.78 is 36.1. The molecular formula is C12H16F3NOS. The molecule has 0 amide bonds. The Balaban J connectivity index is 2.52. The molecule has 0 bridgehead atoms. The molecule has 6 heteroatoms. The molecule has 0 heterocycles. The summed E-state index contributed by atoms with van der Waals surface area (Å²) in [5, 5.41) is 11.8. The molecule has 1 aromatic carbocycles. The lowest BCUT2D eigenvalue weighted by Gasteiger charge is -2.14. The fourth-order valence-electron chi connectivity index (χ4n) is 1.42. The van der Waals surface area contributed by atoms with Gasteiger partial charge in [-0.2, -0.15) is 13.2 Å². The normalized spacial score (nSPS) is 13.6. The van der Waals surface area contributed by atoms with Gasteiger partial charge in [0.05, 0.1) is 12.4 Å². The van der Waals surface area contributed by atoms with Gasteiger partial charge in [-0.15, -0.1) is 11.8 Å². The number of rotatable bonds is 6. The summed E-state index contributed by atoms with van der Waals surface area (Å²) in [6.07, 6.45) is -4.14. The molecule has 0 saturated carbocycles. The highest BCUT2D eigenvalue weighted by atomic mass is 32.2. The molecule has 0 aliphatic carbocycles. The number of aliphatic hydroxyl groups is 1. The van der Waals surface area contributed by atoms with Crippen LogP contribution < -0.4 is 5.32 Å². The van der Waals surface area contributed by atoms with Gasteiger partial charge >= 0.3 is 6.18 Å². The van der Waals surface area contributed by atoms with Crippen LogP contribution in [0.25, 0.3) is 0 Å². The SMILES string of the molecule is CC(NCCO)c1ccc(SCC(F)(F)F)cc1. The molecule has 0 spiro atoms. The van der Waals surface area contributed by atoms with Gasteiger partial charge in [0, 0.05) is 17.5 Å². The number of halogens is 3. The first-order chi connectivity index (χ1) is 8.42. The van der Waals surface area contributed by atoms with E-state index >= 15 is 0 Å². The lowest BCUT2D eigenvalue weighted by atomic mass is 10.1. The second kappa shape index (κ2) is 7.01. The van der Waals surface area contributed by atoms with Gasteiger partial charge in [0.25, 0.3) is 0 Å². The van der Waals surface area contributed by atoms with Crippen LogP contribution in [-0.4, -0.2) is 30.2 Å². The van der Waals surface area contributed by atoms with Crippen molar-refractivity contribution in [3.63, 3.8) is 0 Å². The quantitative estimate of drug-likeness (QED) is 0.785. The molecule has 1 atom stereocenters. The number of aliphatic hydroxyl groups excluding tert-OH is 1. The second-order valence-electron chi connectivity index (χ2n) is 3.87. The molecule has 1 unspecified atom stereocenters. The zero-order valence-corrected chi connectivity index (χ0v) is 10.8. The number of benzene rings is 1. The molecule has 1 rings (SSSR count). The Bertz CT molecular complexity index is 353. The van der Waals surface area contributed by atoms with Crippen molar-refractivity contribution in [1.29, 1.82) is 0 Å². The molecule has 2 N–H and O–H groups in total. The third kappa shape index (κ3) is 5.75. The van der Waals surface area contributed by atoms with E-state index in [9.17, 15) is 13.2 Å². The van der Waals surface area contributed by atoms with Crippen LogP contribution in [0.4, 0.5) is 13.2 Å². The van der Waals surface area contributed by atoms with Crippen molar-refractivity contribution in [3.8, 4) is 0 Å². The number of thioether (sulfide) groups is 1. The van der Waals surface area contributed by atoms with Crippen LogP contribution in [0.1, 0.15) is 18.5 Å². The Morgan fingerprint density at radius 3 is 2.39 bits per heavy atom. The molecule has 0 radical (unpaired) electrons. The number of nitrogens with one attached hydrogen (secondary N) is 1. The van der Waals surface area contributed by atoms with E-state index in [1.807, 2.05) is 6.92 Å². The summed E-state index contributed by atoms with van der Waals surface area (Å²) in [6.45, 7) is 2.49. The highest BCUT2D eigenvalue weighted by molar-refractivity contribution is 7.99. The minimum absolute atomic E-state index is 0.0594. The molecule has 0 aliphatic rings. The predicted molar refractivity (Wildman–Crippen MR) is 66.7 cm³/mol. The predicted octanol–water partition coefficient (Wildman–Crippen LogP) is 2.98. The summed E-state index contributed by atoms with van der Waals surface area (Å²) in [6, 6.07) is 7.03. The lowest BCUT2D eigenvalue weighted by molar-refractivity contribution is -0.105. The van der Waals surface area contributed by atoms with Gasteiger partial charge in [0.2, 0.25) is 0 Å². The Morgan fingerprint density at radius 1 is 1.28 bits per heavy atom. The van der Waals surface area contributed by atoms with Crippen LogP contribution in [0.15, 0.2) is 29.2 Å². The average Bonchev–Trinajstić information content (AvgIpc) is 2.33. The monoisotopic (exact) mass is 279 g/mol. The Hall–Kier alpha value is -0.720. The van der Waals surface area contributed by atoms with E-state index in [4.69, 9.17) is 5.11 Å². The Labute approximate surface area is 109 Å². The minimum atomic E-state index is -4.14. The van der Waals surface area contributed by atoms with Crippen LogP contribution in [0.2, 0.25) is 0 Å². The molecule has 0 saturated heterocycles. The topological polar surface area (TPSA) is 32.3 Å². The van der Waals surface area contributed by atoms with Crippen molar-refractivity contribution < 1.29 is 18.3 Å². The fourth-order valence-corrected chi connectivity index (χ4v) is 2.08. The van der Waals surface area contributed by atoms with Gasteiger partial charge in [-0.1, -0.05) is 12.1 Å². The van der Waals surface area contributed by atoms with Gasteiger partial charge in [0.1, 0.15) is 0 Å². The summed E-state index contributed by atoms with van der Waals surface area (Å²) in [5.74, 6) is -0.870. The summed E-state index contributed by atoms with van der Waals surface area (Å²) in [7, 11) is 0. The van der Waals surface area contributed by atoms with Crippen LogP contribution in [0.3, 0.4) is 0 Å². The van der Waals surface area contributed by atoms with Crippen molar-refractivity contribution >= 4 is 11.8 Å². The molecule has 1 aromatic rings. The summed E-state index contributed by atoms with van der Waals surface area (Å²) in [5.41, 5.74) is 0.986. The molecule has 18 heavy (non-hydrogen) atoms. The van der Waals surface area contributed by atoms with Crippen molar-refractivity contribution in [1.82, 2.24) is 5.32 Å². The molecule has 0 aromatic heterocycles. The second-order valence-corrected chi connectivity index (χ2v) is 4.92. The molecule has 102 valence electrons. The first-order valence-corrected chi connectivity index (χ1v) is 6.54. The number of hydrogen-bond acceptors (Lipinski definition) is 3. The fraction of sp³-hybridized carbons (Fsp3) is 0.500. The highest BCUT2D eigenvalue weighted by Gasteiger charge is 2.27. The van der Waals surface area contributed by atoms with Crippen LogP contribution in [-0.2, 0) is 0 Å². The molecular weight excluding hydrogens is 263 g/mol. The third-order valence-corrected chi connectivity index (χ3v) is 3.42. The average molecular weight is 279 g/mol. The van der Waals surface area contributed by atoms with E-state index in [0.717, 1.165) is 17.3 Å². The first kappa shape index (κ1) is 15.3. The van der Waals surface area contributed by atoms with Crippen molar-refractivity contribution in [2.45, 2.75) is 24.0 Å². The minimum Gasteiger partial charge on any atom is -0.395 e. The van der Waals surface area contributed by atoms with E-state index in [-0.39, 0.29) is 12.6 Å². The Kier molecular flexibility index (Phi) is 5.98. The van der Waals surface area contributed by atoms with Gasteiger partial charge in [-0.05, 0) is 24.6 Å². The maximum atomic E-state index is 12.0. The van der Waals surface area contributed by atoms with Crippen LogP contribution in [0, 0.1) is 0 Å². The number of alkyl halides is 3.